The number of carbonyl (C=O) groups excluding carboxylic acids is 2. The maximum absolute atomic E-state index is 12.1. The van der Waals surface area contributed by atoms with Crippen LogP contribution in [0.5, 0.6) is 0 Å². The summed E-state index contributed by atoms with van der Waals surface area (Å²) in [6.07, 6.45) is 47.0. The number of aliphatic hydroxyl groups is 1. The van der Waals surface area contributed by atoms with E-state index in [1.165, 1.54) is 89.9 Å². The summed E-state index contributed by atoms with van der Waals surface area (Å²) < 4.78 is 10.5. The normalized spacial score (nSPS) is 12.8. The molecule has 0 aliphatic heterocycles. The van der Waals surface area contributed by atoms with E-state index in [9.17, 15) is 14.7 Å². The molecule has 0 saturated carbocycles. The molecule has 0 aromatic carbocycles. The van der Waals surface area contributed by atoms with Gasteiger partial charge in [-0.05, 0) is 77.0 Å². The zero-order valence-corrected chi connectivity index (χ0v) is 29.8. The van der Waals surface area contributed by atoms with Gasteiger partial charge in [-0.25, -0.2) is 0 Å². The smallest absolute Gasteiger partial charge is 0.306 e. The predicted octanol–water partition coefficient (Wildman–Crippen LogP) is 11.6. The van der Waals surface area contributed by atoms with Gasteiger partial charge in [0.1, 0.15) is 6.61 Å². The monoisotopic (exact) mass is 643 g/mol. The zero-order chi connectivity index (χ0) is 33.6. The van der Waals surface area contributed by atoms with Gasteiger partial charge >= 0.3 is 11.9 Å². The maximum Gasteiger partial charge on any atom is 0.306 e. The molecule has 0 saturated heterocycles. The van der Waals surface area contributed by atoms with Crippen LogP contribution in [0.15, 0.2) is 60.8 Å². The second-order valence-electron chi connectivity index (χ2n) is 12.3. The predicted molar refractivity (Wildman–Crippen MR) is 196 cm³/mol. The highest BCUT2D eigenvalue weighted by Crippen LogP contribution is 2.12. The summed E-state index contributed by atoms with van der Waals surface area (Å²) in [5, 5.41) is 9.53. The molecular formula is C41H70O5. The van der Waals surface area contributed by atoms with Crippen LogP contribution in [0.4, 0.5) is 0 Å². The van der Waals surface area contributed by atoms with Crippen molar-refractivity contribution in [3.63, 3.8) is 0 Å². The third kappa shape index (κ3) is 34.5. The second-order valence-corrected chi connectivity index (χ2v) is 12.3. The highest BCUT2D eigenvalue weighted by molar-refractivity contribution is 5.70. The Morgan fingerprint density at radius 1 is 0.500 bits per heavy atom. The molecule has 0 unspecified atom stereocenters. The molecule has 0 fully saturated rings. The van der Waals surface area contributed by atoms with Crippen molar-refractivity contribution >= 4 is 11.9 Å². The molecule has 0 aromatic rings. The average molecular weight is 643 g/mol. The van der Waals surface area contributed by atoms with E-state index in [1.54, 1.807) is 0 Å². The number of ether oxygens (including phenoxy) is 2. The minimum atomic E-state index is -0.802. The lowest BCUT2D eigenvalue weighted by Gasteiger charge is -2.15. The Balaban J connectivity index is 3.69. The van der Waals surface area contributed by atoms with Crippen LogP contribution in [-0.2, 0) is 19.1 Å². The van der Waals surface area contributed by atoms with Crippen molar-refractivity contribution in [3.8, 4) is 0 Å². The van der Waals surface area contributed by atoms with Crippen LogP contribution in [0, 0.1) is 0 Å². The van der Waals surface area contributed by atoms with Gasteiger partial charge in [0, 0.05) is 12.8 Å². The molecular weight excluding hydrogens is 572 g/mol. The topological polar surface area (TPSA) is 72.8 Å². The van der Waals surface area contributed by atoms with Crippen LogP contribution < -0.4 is 0 Å². The lowest BCUT2D eigenvalue weighted by atomic mass is 10.1. The van der Waals surface area contributed by atoms with Crippen molar-refractivity contribution in [1.29, 1.82) is 0 Å². The molecule has 1 atom stereocenters. The highest BCUT2D eigenvalue weighted by atomic mass is 16.6. The minimum absolute atomic E-state index is 0.0918. The fraction of sp³-hybridized carbons (Fsp3) is 0.707. The molecule has 0 radical (unpaired) electrons. The molecule has 46 heavy (non-hydrogen) atoms. The first-order valence-corrected chi connectivity index (χ1v) is 18.8. The van der Waals surface area contributed by atoms with Crippen molar-refractivity contribution in [2.45, 2.75) is 174 Å². The fourth-order valence-corrected chi connectivity index (χ4v) is 4.89. The number of rotatable bonds is 33. The van der Waals surface area contributed by atoms with Gasteiger partial charge in [-0.1, -0.05) is 139 Å². The third-order valence-corrected chi connectivity index (χ3v) is 7.78. The molecule has 0 aliphatic carbocycles. The molecule has 0 spiro atoms. The van der Waals surface area contributed by atoms with Gasteiger partial charge < -0.3 is 14.6 Å². The number of hydrogen-bond acceptors (Lipinski definition) is 5. The van der Waals surface area contributed by atoms with Crippen molar-refractivity contribution in [1.82, 2.24) is 0 Å². The van der Waals surface area contributed by atoms with Gasteiger partial charge in [0.2, 0.25) is 0 Å². The molecule has 5 nitrogen and oxygen atoms in total. The molecule has 0 rings (SSSR count). The Kier molecular flexibility index (Phi) is 35.1. The summed E-state index contributed by atoms with van der Waals surface area (Å²) in [6, 6.07) is 0. The summed E-state index contributed by atoms with van der Waals surface area (Å²) >= 11 is 0. The van der Waals surface area contributed by atoms with Gasteiger partial charge in [0.05, 0.1) is 6.61 Å². The van der Waals surface area contributed by atoms with Gasteiger partial charge in [0.15, 0.2) is 6.10 Å². The Morgan fingerprint density at radius 2 is 0.891 bits per heavy atom. The Labute approximate surface area is 283 Å². The van der Waals surface area contributed by atoms with E-state index >= 15 is 0 Å². The van der Waals surface area contributed by atoms with Crippen LogP contribution >= 0.6 is 0 Å². The standard InChI is InChI=1S/C41H70O5/c1-3-5-7-9-11-13-15-17-19-20-22-24-26-28-30-32-34-36-41(44)46-39(37-42)38-45-40(43)35-33-31-29-27-25-23-21-18-16-14-12-10-8-6-4-2/h11,13-14,16-17,19,22,24,28,30,39,42H,3-10,12,15,18,20-21,23,25-27,29,31-38H2,1-2H3/t39-/m0/s1. The average Bonchev–Trinajstić information content (AvgIpc) is 3.06. The summed E-state index contributed by atoms with van der Waals surface area (Å²) in [5.74, 6) is -0.666. The number of hydrogen-bond donors (Lipinski definition) is 1. The largest absolute Gasteiger partial charge is 0.462 e. The van der Waals surface area contributed by atoms with Crippen LogP contribution in [0.25, 0.3) is 0 Å². The molecule has 0 aliphatic rings. The van der Waals surface area contributed by atoms with E-state index in [0.29, 0.717) is 12.8 Å². The third-order valence-electron chi connectivity index (χ3n) is 7.78. The maximum atomic E-state index is 12.1. The summed E-state index contributed by atoms with van der Waals surface area (Å²) in [5.41, 5.74) is 0. The van der Waals surface area contributed by atoms with Gasteiger partial charge in [-0.3, -0.25) is 9.59 Å². The van der Waals surface area contributed by atoms with Crippen LogP contribution in [0.1, 0.15) is 168 Å². The van der Waals surface area contributed by atoms with E-state index in [2.05, 4.69) is 74.6 Å². The van der Waals surface area contributed by atoms with Crippen LogP contribution in [0.2, 0.25) is 0 Å². The van der Waals surface area contributed by atoms with Gasteiger partial charge in [-0.15, -0.1) is 0 Å². The van der Waals surface area contributed by atoms with E-state index in [1.807, 2.05) is 0 Å². The molecule has 5 heteroatoms. The van der Waals surface area contributed by atoms with E-state index in [-0.39, 0.29) is 31.6 Å². The first-order chi connectivity index (χ1) is 22.6. The number of unbranched alkanes of at least 4 members (excludes halogenated alkanes) is 15. The lowest BCUT2D eigenvalue weighted by Crippen LogP contribution is -2.28. The fourth-order valence-electron chi connectivity index (χ4n) is 4.89. The molecule has 0 bridgehead atoms. The van der Waals surface area contributed by atoms with Crippen molar-refractivity contribution in [2.75, 3.05) is 13.2 Å². The number of carbonyl (C=O) groups is 2. The Morgan fingerprint density at radius 3 is 1.43 bits per heavy atom. The van der Waals surface area contributed by atoms with E-state index in [4.69, 9.17) is 9.47 Å². The Hall–Kier alpha value is -2.40. The van der Waals surface area contributed by atoms with Crippen molar-refractivity contribution < 1.29 is 24.2 Å². The van der Waals surface area contributed by atoms with E-state index < -0.39 is 6.10 Å². The van der Waals surface area contributed by atoms with Crippen LogP contribution in [-0.4, -0.2) is 36.4 Å². The first-order valence-electron chi connectivity index (χ1n) is 18.8. The summed E-state index contributed by atoms with van der Waals surface area (Å²) in [6.45, 7) is 4.03. The molecule has 0 heterocycles. The summed E-state index contributed by atoms with van der Waals surface area (Å²) in [4.78, 5) is 24.2. The van der Waals surface area contributed by atoms with Crippen molar-refractivity contribution in [3.05, 3.63) is 60.8 Å². The molecule has 0 aromatic heterocycles. The molecule has 0 amide bonds. The van der Waals surface area contributed by atoms with Crippen molar-refractivity contribution in [2.24, 2.45) is 0 Å². The quantitative estimate of drug-likeness (QED) is 0.0438. The second kappa shape index (κ2) is 37.1. The van der Waals surface area contributed by atoms with E-state index in [0.717, 1.165) is 44.9 Å². The molecule has 1 N–H and O–H groups in total. The number of aliphatic hydroxyl groups excluding tert-OH is 1. The SMILES string of the molecule is CCCCCC=CCC=CCC=CCC=CCCCC(=O)O[C@@H](CO)COC(=O)CCCCCCCCCC=CCCCCCC. The highest BCUT2D eigenvalue weighted by Gasteiger charge is 2.15. The zero-order valence-electron chi connectivity index (χ0n) is 29.8. The minimum Gasteiger partial charge on any atom is -0.462 e. The number of allylic oxidation sites excluding steroid dienone is 10. The van der Waals surface area contributed by atoms with Crippen LogP contribution in [0.3, 0.4) is 0 Å². The summed E-state index contributed by atoms with van der Waals surface area (Å²) in [7, 11) is 0. The Bertz CT molecular complexity index is 823. The lowest BCUT2D eigenvalue weighted by molar-refractivity contribution is -0.161. The first kappa shape index (κ1) is 43.6. The molecule has 264 valence electrons. The van der Waals surface area contributed by atoms with Gasteiger partial charge in [-0.2, -0.15) is 0 Å². The van der Waals surface area contributed by atoms with Gasteiger partial charge in [0.25, 0.3) is 0 Å². The number of esters is 2.